The average molecular weight is 609 g/mol. The van der Waals surface area contributed by atoms with Crippen molar-refractivity contribution < 1.29 is 22.4 Å². The fraction of sp³-hybridized carbons (Fsp3) is 0.310. The predicted molar refractivity (Wildman–Crippen MR) is 156 cm³/mol. The van der Waals surface area contributed by atoms with Crippen molar-refractivity contribution in [2.24, 2.45) is 0 Å². The summed E-state index contributed by atoms with van der Waals surface area (Å²) in [6.07, 6.45) is 0.665. The zero-order valence-corrected chi connectivity index (χ0v) is 25.0. The molecule has 0 aliphatic rings. The van der Waals surface area contributed by atoms with E-state index in [-0.39, 0.29) is 38.8 Å². The van der Waals surface area contributed by atoms with Gasteiger partial charge in [-0.3, -0.25) is 13.9 Å². The van der Waals surface area contributed by atoms with E-state index in [1.54, 1.807) is 18.2 Å². The van der Waals surface area contributed by atoms with Gasteiger partial charge in [0, 0.05) is 28.2 Å². The van der Waals surface area contributed by atoms with Crippen molar-refractivity contribution in [2.75, 3.05) is 10.8 Å². The van der Waals surface area contributed by atoms with E-state index in [4.69, 9.17) is 23.2 Å². The Morgan fingerprint density at radius 1 is 0.975 bits per heavy atom. The molecule has 0 aliphatic heterocycles. The number of aryl methyl sites for hydroxylation is 1. The van der Waals surface area contributed by atoms with Gasteiger partial charge in [-0.2, -0.15) is 0 Å². The van der Waals surface area contributed by atoms with Gasteiger partial charge in [-0.15, -0.1) is 0 Å². The third-order valence-electron chi connectivity index (χ3n) is 6.49. The summed E-state index contributed by atoms with van der Waals surface area (Å²) in [6.45, 7) is 6.12. The maximum atomic E-state index is 14.6. The highest BCUT2D eigenvalue weighted by atomic mass is 35.5. The molecule has 0 saturated carbocycles. The number of hydrogen-bond acceptors (Lipinski definition) is 4. The molecule has 0 heterocycles. The predicted octanol–water partition coefficient (Wildman–Crippen LogP) is 5.97. The lowest BCUT2D eigenvalue weighted by Gasteiger charge is -2.32. The molecule has 0 bridgehead atoms. The lowest BCUT2D eigenvalue weighted by Crippen LogP contribution is -2.52. The SMILES string of the molecule is CCC(C)NC(=O)C(C)N(Cc1ccccc1F)C(=O)CN(c1cc(Cl)cc(Cl)c1)S(=O)(=O)c1ccc(C)cc1. The number of benzene rings is 3. The molecule has 3 aromatic rings. The van der Waals surface area contributed by atoms with Crippen LogP contribution in [0.5, 0.6) is 0 Å². The first kappa shape index (κ1) is 31.4. The third kappa shape index (κ3) is 7.74. The summed E-state index contributed by atoms with van der Waals surface area (Å²) in [4.78, 5) is 28.1. The second-order valence-electron chi connectivity index (χ2n) is 9.56. The van der Waals surface area contributed by atoms with Crippen LogP contribution in [0.2, 0.25) is 10.0 Å². The fourth-order valence-corrected chi connectivity index (χ4v) is 5.82. The quantitative estimate of drug-likeness (QED) is 0.291. The highest BCUT2D eigenvalue weighted by molar-refractivity contribution is 7.92. The summed E-state index contributed by atoms with van der Waals surface area (Å²) < 4.78 is 43.2. The Morgan fingerprint density at radius 2 is 1.57 bits per heavy atom. The van der Waals surface area contributed by atoms with Crippen LogP contribution in [0.1, 0.15) is 38.3 Å². The van der Waals surface area contributed by atoms with E-state index in [9.17, 15) is 22.4 Å². The van der Waals surface area contributed by atoms with Gasteiger partial charge in [0.15, 0.2) is 0 Å². The van der Waals surface area contributed by atoms with E-state index in [1.807, 2.05) is 20.8 Å². The maximum Gasteiger partial charge on any atom is 0.264 e. The van der Waals surface area contributed by atoms with E-state index in [2.05, 4.69) is 5.32 Å². The largest absolute Gasteiger partial charge is 0.352 e. The lowest BCUT2D eigenvalue weighted by atomic mass is 10.1. The topological polar surface area (TPSA) is 86.8 Å². The molecule has 3 rings (SSSR count). The molecular weight excluding hydrogens is 576 g/mol. The number of nitrogens with zero attached hydrogens (tertiary/aromatic N) is 2. The van der Waals surface area contributed by atoms with Gasteiger partial charge in [-0.05, 0) is 63.6 Å². The van der Waals surface area contributed by atoms with Gasteiger partial charge in [0.05, 0.1) is 10.6 Å². The minimum atomic E-state index is -4.29. The fourth-order valence-electron chi connectivity index (χ4n) is 3.91. The molecular formula is C29H32Cl2FN3O4S. The molecule has 0 radical (unpaired) electrons. The minimum Gasteiger partial charge on any atom is -0.352 e. The zero-order valence-electron chi connectivity index (χ0n) is 22.7. The highest BCUT2D eigenvalue weighted by Gasteiger charge is 2.33. The summed E-state index contributed by atoms with van der Waals surface area (Å²) >= 11 is 12.4. The Morgan fingerprint density at radius 3 is 2.15 bits per heavy atom. The first-order valence-corrected chi connectivity index (χ1v) is 14.9. The maximum absolute atomic E-state index is 14.6. The summed E-state index contributed by atoms with van der Waals surface area (Å²) in [5.41, 5.74) is 1.09. The molecule has 0 aliphatic carbocycles. The van der Waals surface area contributed by atoms with Crippen molar-refractivity contribution in [3.05, 3.63) is 93.7 Å². The van der Waals surface area contributed by atoms with Crippen molar-refractivity contribution in [3.8, 4) is 0 Å². The molecule has 2 atom stereocenters. The molecule has 2 unspecified atom stereocenters. The molecule has 40 heavy (non-hydrogen) atoms. The number of carbonyl (C=O) groups excluding carboxylic acids is 2. The molecule has 0 spiro atoms. The number of carbonyl (C=O) groups is 2. The molecule has 0 aromatic heterocycles. The standard InChI is InChI=1S/C29H32Cl2FN3O4S/c1-5-20(3)33-29(37)21(4)34(17-22-8-6-7-9-27(22)32)28(36)18-35(25-15-23(30)14-24(31)16-25)40(38,39)26-12-10-19(2)11-13-26/h6-16,20-21H,5,17-18H2,1-4H3,(H,33,37). The van der Waals surface area contributed by atoms with Crippen LogP contribution in [0.15, 0.2) is 71.6 Å². The lowest BCUT2D eigenvalue weighted by molar-refractivity contribution is -0.139. The van der Waals surface area contributed by atoms with Crippen LogP contribution in [0.25, 0.3) is 0 Å². The van der Waals surface area contributed by atoms with Crippen molar-refractivity contribution in [1.82, 2.24) is 10.2 Å². The summed E-state index contributed by atoms with van der Waals surface area (Å²) in [7, 11) is -4.29. The van der Waals surface area contributed by atoms with E-state index >= 15 is 0 Å². The number of amides is 2. The normalized spacial score (nSPS) is 12.9. The van der Waals surface area contributed by atoms with Gasteiger partial charge in [0.1, 0.15) is 18.4 Å². The van der Waals surface area contributed by atoms with Crippen molar-refractivity contribution in [3.63, 3.8) is 0 Å². The molecule has 7 nitrogen and oxygen atoms in total. The Hall–Kier alpha value is -3.14. The summed E-state index contributed by atoms with van der Waals surface area (Å²) in [5, 5.41) is 3.17. The Balaban J connectivity index is 2.07. The van der Waals surface area contributed by atoms with E-state index in [0.717, 1.165) is 9.87 Å². The van der Waals surface area contributed by atoms with Crippen molar-refractivity contribution >= 4 is 50.7 Å². The van der Waals surface area contributed by atoms with Crippen molar-refractivity contribution in [2.45, 2.75) is 57.6 Å². The summed E-state index contributed by atoms with van der Waals surface area (Å²) in [5.74, 6) is -1.72. The molecule has 11 heteroatoms. The highest BCUT2D eigenvalue weighted by Crippen LogP contribution is 2.30. The van der Waals surface area contributed by atoms with E-state index < -0.39 is 40.2 Å². The number of rotatable bonds is 11. The van der Waals surface area contributed by atoms with Gasteiger partial charge in [0.25, 0.3) is 10.0 Å². The number of nitrogens with one attached hydrogen (secondary N) is 1. The van der Waals surface area contributed by atoms with Crippen LogP contribution >= 0.6 is 23.2 Å². The number of sulfonamides is 1. The third-order valence-corrected chi connectivity index (χ3v) is 8.71. The second kappa shape index (κ2) is 13.5. The molecule has 214 valence electrons. The molecule has 1 N–H and O–H groups in total. The smallest absolute Gasteiger partial charge is 0.264 e. The summed E-state index contributed by atoms with van der Waals surface area (Å²) in [6, 6.07) is 15.1. The van der Waals surface area contributed by atoms with E-state index in [1.165, 1.54) is 60.4 Å². The van der Waals surface area contributed by atoms with Crippen LogP contribution in [0.4, 0.5) is 10.1 Å². The Labute approximate surface area is 244 Å². The molecule has 2 amide bonds. The van der Waals surface area contributed by atoms with Crippen LogP contribution < -0.4 is 9.62 Å². The Bertz CT molecular complexity index is 1450. The number of hydrogen-bond donors (Lipinski definition) is 1. The average Bonchev–Trinajstić information content (AvgIpc) is 2.90. The van der Waals surface area contributed by atoms with Gasteiger partial charge in [0.2, 0.25) is 11.8 Å². The molecule has 3 aromatic carbocycles. The minimum absolute atomic E-state index is 0.0507. The first-order valence-electron chi connectivity index (χ1n) is 12.7. The molecule has 0 saturated heterocycles. The van der Waals surface area contributed by atoms with E-state index in [0.29, 0.717) is 6.42 Å². The van der Waals surface area contributed by atoms with Gasteiger partial charge >= 0.3 is 0 Å². The van der Waals surface area contributed by atoms with Gasteiger partial charge in [-0.1, -0.05) is 66.0 Å². The van der Waals surface area contributed by atoms with Gasteiger partial charge < -0.3 is 10.2 Å². The zero-order chi connectivity index (χ0) is 29.6. The van der Waals surface area contributed by atoms with Crippen molar-refractivity contribution in [1.29, 1.82) is 0 Å². The number of anilines is 1. The molecule has 0 fully saturated rings. The van der Waals surface area contributed by atoms with Crippen LogP contribution in [-0.4, -0.2) is 43.8 Å². The first-order chi connectivity index (χ1) is 18.8. The monoisotopic (exact) mass is 607 g/mol. The van der Waals surface area contributed by atoms with Crippen LogP contribution in [-0.2, 0) is 26.2 Å². The van der Waals surface area contributed by atoms with Crippen LogP contribution in [0, 0.1) is 12.7 Å². The Kier molecular flexibility index (Phi) is 10.6. The second-order valence-corrected chi connectivity index (χ2v) is 12.3. The van der Waals surface area contributed by atoms with Crippen LogP contribution in [0.3, 0.4) is 0 Å². The number of halogens is 3. The van der Waals surface area contributed by atoms with Gasteiger partial charge in [-0.25, -0.2) is 12.8 Å².